The molecule has 5 heteroatoms. The van der Waals surface area contributed by atoms with E-state index in [9.17, 15) is 0 Å². The van der Waals surface area contributed by atoms with Gasteiger partial charge in [-0.2, -0.15) is 0 Å². The average Bonchev–Trinajstić information content (AvgIpc) is 2.39. The lowest BCUT2D eigenvalue weighted by molar-refractivity contribution is 0.0670. The van der Waals surface area contributed by atoms with Crippen molar-refractivity contribution in [3.05, 3.63) is 0 Å². The van der Waals surface area contributed by atoms with Gasteiger partial charge >= 0.3 is 0 Å². The summed E-state index contributed by atoms with van der Waals surface area (Å²) < 4.78 is 5.41. The summed E-state index contributed by atoms with van der Waals surface area (Å²) >= 11 is 0. The summed E-state index contributed by atoms with van der Waals surface area (Å²) in [5.74, 6) is 0. The van der Waals surface area contributed by atoms with Crippen LogP contribution in [-0.2, 0) is 4.74 Å². The number of hydrogen-bond acceptors (Lipinski definition) is 5. The normalized spacial score (nSPS) is 26.8. The molecule has 1 unspecified atom stereocenters. The van der Waals surface area contributed by atoms with Gasteiger partial charge in [-0.3, -0.25) is 5.32 Å². The van der Waals surface area contributed by atoms with Gasteiger partial charge in [0.2, 0.25) is 0 Å². The first kappa shape index (κ1) is 15.9. The SMILES string of the molecule is COC1CCNCCCNCCCNCCCN1. The van der Waals surface area contributed by atoms with Crippen LogP contribution in [0.4, 0.5) is 0 Å². The molecule has 1 heterocycles. The van der Waals surface area contributed by atoms with E-state index in [1.807, 2.05) is 0 Å². The molecular weight excluding hydrogens is 228 g/mol. The Morgan fingerprint density at radius 1 is 0.722 bits per heavy atom. The van der Waals surface area contributed by atoms with Gasteiger partial charge in [0.25, 0.3) is 0 Å². The predicted octanol–water partition coefficient (Wildman–Crippen LogP) is -0.109. The zero-order chi connectivity index (χ0) is 12.9. The zero-order valence-electron chi connectivity index (χ0n) is 11.8. The largest absolute Gasteiger partial charge is 0.367 e. The Hall–Kier alpha value is -0.200. The van der Waals surface area contributed by atoms with Gasteiger partial charge in [0.15, 0.2) is 0 Å². The Labute approximate surface area is 111 Å². The number of hydrogen-bond donors (Lipinski definition) is 4. The molecule has 108 valence electrons. The number of ether oxygens (including phenoxy) is 1. The van der Waals surface area contributed by atoms with E-state index >= 15 is 0 Å². The lowest BCUT2D eigenvalue weighted by Crippen LogP contribution is -2.36. The Morgan fingerprint density at radius 3 is 1.78 bits per heavy atom. The van der Waals surface area contributed by atoms with Crippen molar-refractivity contribution in [3.63, 3.8) is 0 Å². The molecule has 5 nitrogen and oxygen atoms in total. The molecule has 1 atom stereocenters. The maximum atomic E-state index is 5.41. The molecule has 0 radical (unpaired) electrons. The second-order valence-corrected chi connectivity index (χ2v) is 4.78. The van der Waals surface area contributed by atoms with E-state index in [0.717, 1.165) is 58.7 Å². The summed E-state index contributed by atoms with van der Waals surface area (Å²) in [6, 6.07) is 0. The van der Waals surface area contributed by atoms with Crippen LogP contribution in [0.3, 0.4) is 0 Å². The minimum atomic E-state index is 0.184. The molecule has 0 saturated carbocycles. The Balaban J connectivity index is 2.15. The molecule has 0 amide bonds. The van der Waals surface area contributed by atoms with E-state index < -0.39 is 0 Å². The van der Waals surface area contributed by atoms with Crippen molar-refractivity contribution < 1.29 is 4.74 Å². The lowest BCUT2D eigenvalue weighted by Gasteiger charge is -2.18. The molecule has 1 aliphatic rings. The molecule has 4 N–H and O–H groups in total. The quantitative estimate of drug-likeness (QED) is 0.529. The van der Waals surface area contributed by atoms with Crippen molar-refractivity contribution >= 4 is 0 Å². The third-order valence-corrected chi connectivity index (χ3v) is 3.18. The first-order chi connectivity index (χ1) is 8.93. The molecule has 1 rings (SSSR count). The molecule has 0 bridgehead atoms. The van der Waals surface area contributed by atoms with Crippen LogP contribution in [0, 0.1) is 0 Å². The Morgan fingerprint density at radius 2 is 1.22 bits per heavy atom. The minimum absolute atomic E-state index is 0.184. The monoisotopic (exact) mass is 258 g/mol. The highest BCUT2D eigenvalue weighted by molar-refractivity contribution is 4.61. The van der Waals surface area contributed by atoms with Crippen LogP contribution < -0.4 is 21.3 Å². The van der Waals surface area contributed by atoms with Crippen LogP contribution >= 0.6 is 0 Å². The van der Waals surface area contributed by atoms with Crippen molar-refractivity contribution in [2.24, 2.45) is 0 Å². The first-order valence-electron chi connectivity index (χ1n) is 7.32. The number of nitrogens with one attached hydrogen (secondary N) is 4. The smallest absolute Gasteiger partial charge is 0.108 e. The predicted molar refractivity (Wildman–Crippen MR) is 75.9 cm³/mol. The Kier molecular flexibility index (Phi) is 10.5. The van der Waals surface area contributed by atoms with Crippen LogP contribution in [-0.4, -0.2) is 59.2 Å². The fraction of sp³-hybridized carbons (Fsp3) is 1.00. The van der Waals surface area contributed by atoms with Crippen molar-refractivity contribution in [1.29, 1.82) is 0 Å². The highest BCUT2D eigenvalue weighted by Crippen LogP contribution is 1.92. The molecule has 1 saturated heterocycles. The summed E-state index contributed by atoms with van der Waals surface area (Å²) in [6.45, 7) is 7.55. The summed E-state index contributed by atoms with van der Waals surface area (Å²) in [5.41, 5.74) is 0. The molecule has 0 spiro atoms. The van der Waals surface area contributed by atoms with Gasteiger partial charge in [0.05, 0.1) is 0 Å². The van der Waals surface area contributed by atoms with Gasteiger partial charge in [-0.1, -0.05) is 0 Å². The highest BCUT2D eigenvalue weighted by Gasteiger charge is 2.05. The van der Waals surface area contributed by atoms with Crippen molar-refractivity contribution in [1.82, 2.24) is 21.3 Å². The Bertz CT molecular complexity index is 164. The van der Waals surface area contributed by atoms with Crippen LogP contribution in [0.2, 0.25) is 0 Å². The third kappa shape index (κ3) is 8.83. The summed E-state index contributed by atoms with van der Waals surface area (Å²) in [5, 5.41) is 13.8. The maximum absolute atomic E-state index is 5.41. The molecule has 1 fully saturated rings. The second-order valence-electron chi connectivity index (χ2n) is 4.78. The van der Waals surface area contributed by atoms with E-state index in [-0.39, 0.29) is 6.23 Å². The van der Waals surface area contributed by atoms with Gasteiger partial charge < -0.3 is 20.7 Å². The summed E-state index contributed by atoms with van der Waals surface area (Å²) in [7, 11) is 1.78. The van der Waals surface area contributed by atoms with Gasteiger partial charge in [0, 0.05) is 7.11 Å². The molecule has 0 aromatic rings. The number of methoxy groups -OCH3 is 1. The summed E-state index contributed by atoms with van der Waals surface area (Å²) in [4.78, 5) is 0. The molecule has 0 aliphatic carbocycles. The van der Waals surface area contributed by atoms with Gasteiger partial charge in [-0.25, -0.2) is 0 Å². The molecule has 18 heavy (non-hydrogen) atoms. The van der Waals surface area contributed by atoms with E-state index in [2.05, 4.69) is 21.3 Å². The fourth-order valence-electron chi connectivity index (χ4n) is 2.06. The van der Waals surface area contributed by atoms with E-state index in [0.29, 0.717) is 0 Å². The van der Waals surface area contributed by atoms with Crippen molar-refractivity contribution in [2.75, 3.05) is 52.9 Å². The average molecular weight is 258 g/mol. The maximum Gasteiger partial charge on any atom is 0.108 e. The standard InChI is InChI=1S/C13H30N4O/c1-18-13-5-12-16-9-3-8-14-6-2-7-15-10-4-11-17-13/h13-17H,2-12H2,1H3. The van der Waals surface area contributed by atoms with E-state index in [4.69, 9.17) is 4.74 Å². The minimum Gasteiger partial charge on any atom is -0.367 e. The van der Waals surface area contributed by atoms with Crippen LogP contribution in [0.25, 0.3) is 0 Å². The van der Waals surface area contributed by atoms with Crippen LogP contribution in [0.1, 0.15) is 25.7 Å². The molecule has 0 aromatic heterocycles. The first-order valence-corrected chi connectivity index (χ1v) is 7.32. The molecular formula is C13H30N4O. The van der Waals surface area contributed by atoms with Gasteiger partial charge in [-0.15, -0.1) is 0 Å². The van der Waals surface area contributed by atoms with E-state index in [1.165, 1.54) is 12.8 Å². The number of rotatable bonds is 1. The molecule has 0 aromatic carbocycles. The third-order valence-electron chi connectivity index (χ3n) is 3.18. The van der Waals surface area contributed by atoms with Gasteiger partial charge in [0.1, 0.15) is 6.23 Å². The second kappa shape index (κ2) is 11.9. The summed E-state index contributed by atoms with van der Waals surface area (Å²) in [6.07, 6.45) is 4.77. The van der Waals surface area contributed by atoms with Crippen molar-refractivity contribution in [3.8, 4) is 0 Å². The topological polar surface area (TPSA) is 57.4 Å². The van der Waals surface area contributed by atoms with Crippen molar-refractivity contribution in [2.45, 2.75) is 31.9 Å². The molecule has 1 aliphatic heterocycles. The van der Waals surface area contributed by atoms with Crippen LogP contribution in [0.5, 0.6) is 0 Å². The highest BCUT2D eigenvalue weighted by atomic mass is 16.5. The fourth-order valence-corrected chi connectivity index (χ4v) is 2.06. The van der Waals surface area contributed by atoms with Crippen LogP contribution in [0.15, 0.2) is 0 Å². The van der Waals surface area contributed by atoms with E-state index in [1.54, 1.807) is 7.11 Å². The van der Waals surface area contributed by atoms with Gasteiger partial charge in [-0.05, 0) is 71.5 Å². The zero-order valence-corrected chi connectivity index (χ0v) is 11.8. The lowest BCUT2D eigenvalue weighted by atomic mass is 10.3.